The molecule has 7 nitrogen and oxygen atoms in total. The number of anilines is 2. The maximum atomic E-state index is 11.0. The number of nitrogens with zero attached hydrogens (tertiary/aromatic N) is 2. The van der Waals surface area contributed by atoms with Crippen molar-refractivity contribution in [2.24, 2.45) is 0 Å². The maximum Gasteiger partial charge on any atom is 0.208 e. The lowest BCUT2D eigenvalue weighted by atomic mass is 10.2. The summed E-state index contributed by atoms with van der Waals surface area (Å²) < 4.78 is 24.4. The Morgan fingerprint density at radius 2 is 1.67 bits per heavy atom. The van der Waals surface area contributed by atoms with E-state index < -0.39 is 10.0 Å². The van der Waals surface area contributed by atoms with Gasteiger partial charge in [-0.05, 0) is 6.42 Å². The Hall–Kier alpha value is -1.41. The molecular weight excluding hydrogens is 290 g/mol. The molecule has 1 rings (SSSR count). The van der Waals surface area contributed by atoms with Gasteiger partial charge in [-0.3, -0.25) is 0 Å². The molecular formula is C13H25N5O2S. The van der Waals surface area contributed by atoms with Gasteiger partial charge in [-0.25, -0.2) is 23.1 Å². The molecule has 0 aromatic carbocycles. The van der Waals surface area contributed by atoms with Gasteiger partial charge in [-0.15, -0.1) is 0 Å². The average molecular weight is 315 g/mol. The van der Waals surface area contributed by atoms with Crippen LogP contribution in [0.4, 0.5) is 11.6 Å². The first-order chi connectivity index (χ1) is 9.81. The van der Waals surface area contributed by atoms with Gasteiger partial charge in [0.05, 0.1) is 6.26 Å². The van der Waals surface area contributed by atoms with E-state index in [9.17, 15) is 8.42 Å². The number of aromatic nitrogens is 2. The van der Waals surface area contributed by atoms with Gasteiger partial charge < -0.3 is 10.6 Å². The highest BCUT2D eigenvalue weighted by molar-refractivity contribution is 7.88. The van der Waals surface area contributed by atoms with Crippen molar-refractivity contribution >= 4 is 21.7 Å². The number of nitrogens with one attached hydrogen (secondary N) is 3. The fourth-order valence-corrected chi connectivity index (χ4v) is 2.06. The smallest absolute Gasteiger partial charge is 0.208 e. The second kappa shape index (κ2) is 8.14. The van der Waals surface area contributed by atoms with E-state index in [1.807, 2.05) is 19.9 Å². The van der Waals surface area contributed by atoms with E-state index in [4.69, 9.17) is 0 Å². The first-order valence-corrected chi connectivity index (χ1v) is 9.02. The molecule has 0 fully saturated rings. The highest BCUT2D eigenvalue weighted by Gasteiger charge is 2.08. The van der Waals surface area contributed by atoms with Crippen molar-refractivity contribution < 1.29 is 8.42 Å². The van der Waals surface area contributed by atoms with Crippen LogP contribution < -0.4 is 15.4 Å². The predicted octanol–water partition coefficient (Wildman–Crippen LogP) is 1.38. The van der Waals surface area contributed by atoms with Gasteiger partial charge in [0.15, 0.2) is 0 Å². The summed E-state index contributed by atoms with van der Waals surface area (Å²) in [4.78, 5) is 8.90. The minimum absolute atomic E-state index is 0.225. The third-order valence-corrected chi connectivity index (χ3v) is 3.34. The summed E-state index contributed by atoms with van der Waals surface area (Å²) in [6, 6.07) is 1.84. The molecule has 0 aliphatic heterocycles. The normalized spacial score (nSPS) is 11.7. The summed E-state index contributed by atoms with van der Waals surface area (Å²) >= 11 is 0. The zero-order valence-electron chi connectivity index (χ0n) is 13.1. The van der Waals surface area contributed by atoms with Crippen LogP contribution in [0.2, 0.25) is 0 Å². The van der Waals surface area contributed by atoms with Gasteiger partial charge in [-0.1, -0.05) is 20.8 Å². The SMILES string of the molecule is CCCNc1cc(NCCNS(C)(=O)=O)nc(C(C)C)n1. The fourth-order valence-electron chi connectivity index (χ4n) is 1.59. The van der Waals surface area contributed by atoms with Crippen LogP contribution in [0, 0.1) is 0 Å². The largest absolute Gasteiger partial charge is 0.370 e. The molecule has 0 bridgehead atoms. The van der Waals surface area contributed by atoms with Crippen LogP contribution >= 0.6 is 0 Å². The Kier molecular flexibility index (Phi) is 6.83. The second-order valence-electron chi connectivity index (χ2n) is 5.17. The molecule has 1 heterocycles. The molecule has 0 atom stereocenters. The van der Waals surface area contributed by atoms with Crippen molar-refractivity contribution in [2.75, 3.05) is 36.5 Å². The molecule has 0 radical (unpaired) electrons. The molecule has 0 saturated carbocycles. The molecule has 1 aromatic heterocycles. The summed E-state index contributed by atoms with van der Waals surface area (Å²) in [6.45, 7) is 7.80. The third kappa shape index (κ3) is 7.24. The van der Waals surface area contributed by atoms with Gasteiger partial charge >= 0.3 is 0 Å². The fraction of sp³-hybridized carbons (Fsp3) is 0.692. The molecule has 8 heteroatoms. The van der Waals surface area contributed by atoms with E-state index in [1.165, 1.54) is 0 Å². The molecule has 0 aliphatic rings. The van der Waals surface area contributed by atoms with Gasteiger partial charge in [0, 0.05) is 31.6 Å². The van der Waals surface area contributed by atoms with E-state index >= 15 is 0 Å². The van der Waals surface area contributed by atoms with E-state index in [2.05, 4.69) is 32.2 Å². The molecule has 0 unspecified atom stereocenters. The van der Waals surface area contributed by atoms with E-state index in [-0.39, 0.29) is 5.92 Å². The van der Waals surface area contributed by atoms with Crippen molar-refractivity contribution in [1.29, 1.82) is 0 Å². The van der Waals surface area contributed by atoms with Gasteiger partial charge in [0.2, 0.25) is 10.0 Å². The number of hydrogen-bond donors (Lipinski definition) is 3. The molecule has 21 heavy (non-hydrogen) atoms. The lowest BCUT2D eigenvalue weighted by Crippen LogP contribution is -2.27. The Bertz CT molecular complexity index is 545. The predicted molar refractivity (Wildman–Crippen MR) is 86.2 cm³/mol. The number of hydrogen-bond acceptors (Lipinski definition) is 6. The summed E-state index contributed by atoms with van der Waals surface area (Å²) in [6.07, 6.45) is 2.16. The number of rotatable bonds is 9. The molecule has 0 amide bonds. The van der Waals surface area contributed by atoms with Crippen LogP contribution in [0.25, 0.3) is 0 Å². The quantitative estimate of drug-likeness (QED) is 0.596. The average Bonchev–Trinajstić information content (AvgIpc) is 2.40. The minimum atomic E-state index is -3.16. The third-order valence-electron chi connectivity index (χ3n) is 2.61. The Labute approximate surface area is 127 Å². The van der Waals surface area contributed by atoms with Crippen LogP contribution in [0.3, 0.4) is 0 Å². The van der Waals surface area contributed by atoms with Crippen LogP contribution in [0.1, 0.15) is 38.9 Å². The van der Waals surface area contributed by atoms with Crippen molar-refractivity contribution in [3.8, 4) is 0 Å². The van der Waals surface area contributed by atoms with Crippen LogP contribution in [-0.2, 0) is 10.0 Å². The van der Waals surface area contributed by atoms with Crippen molar-refractivity contribution in [2.45, 2.75) is 33.1 Å². The molecule has 0 saturated heterocycles. The van der Waals surface area contributed by atoms with Crippen LogP contribution in [-0.4, -0.2) is 44.3 Å². The van der Waals surface area contributed by atoms with Crippen molar-refractivity contribution in [3.63, 3.8) is 0 Å². The second-order valence-corrected chi connectivity index (χ2v) is 7.00. The molecule has 0 spiro atoms. The maximum absolute atomic E-state index is 11.0. The summed E-state index contributed by atoms with van der Waals surface area (Å²) in [5, 5.41) is 6.35. The Morgan fingerprint density at radius 3 is 2.14 bits per heavy atom. The standard InChI is InChI=1S/C13H25N5O2S/c1-5-6-14-11-9-12(18-13(17-11)10(2)3)15-7-8-16-21(4,19)20/h9-10,16H,5-8H2,1-4H3,(H2,14,15,17,18). The van der Waals surface area contributed by atoms with Crippen LogP contribution in [0.15, 0.2) is 6.07 Å². The molecule has 120 valence electrons. The molecule has 0 aliphatic carbocycles. The lowest BCUT2D eigenvalue weighted by Gasteiger charge is -2.12. The van der Waals surface area contributed by atoms with Crippen molar-refractivity contribution in [3.05, 3.63) is 11.9 Å². The topological polar surface area (TPSA) is 96.0 Å². The van der Waals surface area contributed by atoms with Gasteiger partial charge in [-0.2, -0.15) is 0 Å². The number of sulfonamides is 1. The summed E-state index contributed by atoms with van der Waals surface area (Å²) in [5.41, 5.74) is 0. The highest BCUT2D eigenvalue weighted by atomic mass is 32.2. The lowest BCUT2D eigenvalue weighted by molar-refractivity contribution is 0.589. The van der Waals surface area contributed by atoms with Gasteiger partial charge in [0.25, 0.3) is 0 Å². The highest BCUT2D eigenvalue weighted by Crippen LogP contribution is 2.16. The Balaban J connectivity index is 2.69. The van der Waals surface area contributed by atoms with E-state index in [0.29, 0.717) is 18.9 Å². The van der Waals surface area contributed by atoms with E-state index in [0.717, 1.165) is 30.9 Å². The molecule has 3 N–H and O–H groups in total. The van der Waals surface area contributed by atoms with Gasteiger partial charge in [0.1, 0.15) is 17.5 Å². The molecule has 1 aromatic rings. The first kappa shape index (κ1) is 17.6. The monoisotopic (exact) mass is 315 g/mol. The van der Waals surface area contributed by atoms with E-state index in [1.54, 1.807) is 0 Å². The van der Waals surface area contributed by atoms with Crippen molar-refractivity contribution in [1.82, 2.24) is 14.7 Å². The van der Waals surface area contributed by atoms with Crippen LogP contribution in [0.5, 0.6) is 0 Å². The zero-order valence-corrected chi connectivity index (χ0v) is 13.9. The summed E-state index contributed by atoms with van der Waals surface area (Å²) in [7, 11) is -3.16. The first-order valence-electron chi connectivity index (χ1n) is 7.13. The Morgan fingerprint density at radius 1 is 1.10 bits per heavy atom. The minimum Gasteiger partial charge on any atom is -0.370 e. The zero-order chi connectivity index (χ0) is 15.9. The summed E-state index contributed by atoms with van der Waals surface area (Å²) in [5.74, 6) is 2.47.